The number of hydrogen-bond acceptors (Lipinski definition) is 6. The monoisotopic (exact) mass is 576 g/mol. The third-order valence-corrected chi connectivity index (χ3v) is 7.77. The van der Waals surface area contributed by atoms with Gasteiger partial charge in [0.2, 0.25) is 0 Å². The number of benzene rings is 2. The van der Waals surface area contributed by atoms with Crippen LogP contribution in [0.4, 0.5) is 27.8 Å². The van der Waals surface area contributed by atoms with Crippen LogP contribution in [0.1, 0.15) is 12.5 Å². The number of carbonyl (C=O) groups is 2. The zero-order valence-corrected chi connectivity index (χ0v) is 21.8. The van der Waals surface area contributed by atoms with Crippen molar-refractivity contribution in [3.63, 3.8) is 0 Å². The lowest BCUT2D eigenvalue weighted by Crippen LogP contribution is -2.48. The van der Waals surface area contributed by atoms with Gasteiger partial charge in [0, 0.05) is 58.6 Å². The molecule has 5 rings (SSSR count). The zero-order chi connectivity index (χ0) is 28.8. The molecule has 13 heteroatoms. The van der Waals surface area contributed by atoms with Crippen LogP contribution >= 0.6 is 11.8 Å². The van der Waals surface area contributed by atoms with Gasteiger partial charge in [-0.1, -0.05) is 6.08 Å². The Labute approximate surface area is 228 Å². The lowest BCUT2D eigenvalue weighted by molar-refractivity contribution is -0.137. The highest BCUT2D eigenvalue weighted by atomic mass is 32.2. The molecule has 0 N–H and O–H groups in total. The number of piperazine rings is 1. The molecule has 2 aliphatic rings. The summed E-state index contributed by atoms with van der Waals surface area (Å²) < 4.78 is 73.4. The van der Waals surface area contributed by atoms with Gasteiger partial charge in [0.25, 0.3) is 5.91 Å². The van der Waals surface area contributed by atoms with E-state index in [2.05, 4.69) is 4.98 Å². The molecule has 3 aromatic rings. The standard InChI is InChI=1S/C27H21F5N4O3S/c1-2-3-21(38)35-8-7-34(14-16(35)6-10-37)25-18-13-19(27(30,31)32)22(17-5-4-15(28)12-20(17)29)24-23(18)36(9-11-40-24)26(39)33-25/h2-6,10,12-13H,7-9,11,14H2,1H3/b3-2+,16-6+. The summed E-state index contributed by atoms with van der Waals surface area (Å²) in [6, 6.07) is 3.18. The van der Waals surface area contributed by atoms with E-state index in [1.165, 1.54) is 26.5 Å². The first kappa shape index (κ1) is 27.6. The molecular weight excluding hydrogens is 555 g/mol. The van der Waals surface area contributed by atoms with Crippen molar-refractivity contribution in [1.29, 1.82) is 0 Å². The maximum absolute atomic E-state index is 14.9. The van der Waals surface area contributed by atoms with Gasteiger partial charge in [0.15, 0.2) is 0 Å². The average Bonchev–Trinajstić information content (AvgIpc) is 2.90. The molecular formula is C27H21F5N4O3S. The molecule has 1 fully saturated rings. The van der Waals surface area contributed by atoms with Crippen molar-refractivity contribution in [2.45, 2.75) is 24.5 Å². The number of carbonyl (C=O) groups excluding carboxylic acids is 2. The third kappa shape index (κ3) is 4.78. The molecule has 0 atom stereocenters. The molecule has 0 spiro atoms. The fraction of sp³-hybridized carbons (Fsp3) is 0.259. The van der Waals surface area contributed by atoms with Gasteiger partial charge >= 0.3 is 11.9 Å². The molecule has 40 heavy (non-hydrogen) atoms. The summed E-state index contributed by atoms with van der Waals surface area (Å²) in [5.41, 5.74) is -2.34. The van der Waals surface area contributed by atoms with E-state index >= 15 is 0 Å². The predicted molar refractivity (Wildman–Crippen MR) is 140 cm³/mol. The Hall–Kier alpha value is -4.00. The molecule has 1 saturated heterocycles. The number of rotatable bonds is 4. The number of nitrogens with zero attached hydrogens (tertiary/aromatic N) is 4. The minimum absolute atomic E-state index is 0.0130. The van der Waals surface area contributed by atoms with Crippen LogP contribution in [-0.4, -0.2) is 52.0 Å². The first-order valence-corrected chi connectivity index (χ1v) is 13.1. The second-order valence-corrected chi connectivity index (χ2v) is 10.2. The minimum atomic E-state index is -4.93. The van der Waals surface area contributed by atoms with E-state index in [0.717, 1.165) is 30.0 Å². The van der Waals surface area contributed by atoms with Crippen LogP contribution in [0.3, 0.4) is 0 Å². The fourth-order valence-corrected chi connectivity index (χ4v) is 6.21. The van der Waals surface area contributed by atoms with Gasteiger partial charge in [0.05, 0.1) is 17.6 Å². The van der Waals surface area contributed by atoms with Gasteiger partial charge in [-0.25, -0.2) is 13.6 Å². The maximum atomic E-state index is 14.9. The Morgan fingerprint density at radius 1 is 1.12 bits per heavy atom. The lowest BCUT2D eigenvalue weighted by Gasteiger charge is -2.37. The van der Waals surface area contributed by atoms with E-state index in [0.29, 0.717) is 12.4 Å². The van der Waals surface area contributed by atoms with Crippen LogP contribution in [0.5, 0.6) is 0 Å². The topological polar surface area (TPSA) is 75.5 Å². The molecule has 2 aromatic carbocycles. The summed E-state index contributed by atoms with van der Waals surface area (Å²) in [4.78, 5) is 44.1. The minimum Gasteiger partial charge on any atom is -0.348 e. The van der Waals surface area contributed by atoms with Gasteiger partial charge in [-0.3, -0.25) is 14.2 Å². The van der Waals surface area contributed by atoms with Crippen molar-refractivity contribution >= 4 is 40.7 Å². The number of anilines is 1. The number of thioether (sulfide) groups is 1. The van der Waals surface area contributed by atoms with Crippen LogP contribution in [0, 0.1) is 11.6 Å². The van der Waals surface area contributed by atoms with E-state index < -0.39 is 40.2 Å². The third-order valence-electron chi connectivity index (χ3n) is 6.69. The molecule has 0 bridgehead atoms. The van der Waals surface area contributed by atoms with Crippen LogP contribution in [0.25, 0.3) is 22.0 Å². The zero-order valence-electron chi connectivity index (χ0n) is 21.0. The van der Waals surface area contributed by atoms with Gasteiger partial charge in [-0.05, 0) is 37.3 Å². The number of allylic oxidation sites excluding steroid dienone is 2. The first-order chi connectivity index (χ1) is 19.0. The van der Waals surface area contributed by atoms with Crippen molar-refractivity contribution in [2.75, 3.05) is 30.3 Å². The highest BCUT2D eigenvalue weighted by Gasteiger charge is 2.39. The van der Waals surface area contributed by atoms with Crippen LogP contribution in [-0.2, 0) is 22.3 Å². The lowest BCUT2D eigenvalue weighted by atomic mass is 9.95. The maximum Gasteiger partial charge on any atom is 0.417 e. The smallest absolute Gasteiger partial charge is 0.348 e. The predicted octanol–water partition coefficient (Wildman–Crippen LogP) is 4.77. The quantitative estimate of drug-likeness (QED) is 0.253. The summed E-state index contributed by atoms with van der Waals surface area (Å²) in [5.74, 6) is -2.29. The van der Waals surface area contributed by atoms with E-state index in [-0.39, 0.29) is 65.2 Å². The highest BCUT2D eigenvalue weighted by molar-refractivity contribution is 7.99. The molecule has 1 aromatic heterocycles. The van der Waals surface area contributed by atoms with Crippen molar-refractivity contribution in [1.82, 2.24) is 14.5 Å². The van der Waals surface area contributed by atoms with Crippen LogP contribution in [0.15, 0.2) is 57.9 Å². The Bertz CT molecular complexity index is 1660. The average molecular weight is 577 g/mol. The number of hydrogen-bond donors (Lipinski definition) is 0. The van der Waals surface area contributed by atoms with Gasteiger partial charge in [0.1, 0.15) is 23.7 Å². The van der Waals surface area contributed by atoms with Crippen molar-refractivity contribution in [3.8, 4) is 11.1 Å². The molecule has 0 unspecified atom stereocenters. The summed E-state index contributed by atoms with van der Waals surface area (Å²) in [6.45, 7) is 1.95. The highest BCUT2D eigenvalue weighted by Crippen LogP contribution is 2.49. The summed E-state index contributed by atoms with van der Waals surface area (Å²) >= 11 is 1.04. The molecule has 0 saturated carbocycles. The molecule has 0 aliphatic carbocycles. The Morgan fingerprint density at radius 2 is 1.90 bits per heavy atom. The van der Waals surface area contributed by atoms with Crippen LogP contribution in [0.2, 0.25) is 0 Å². The van der Waals surface area contributed by atoms with E-state index in [4.69, 9.17) is 0 Å². The van der Waals surface area contributed by atoms with E-state index in [9.17, 15) is 36.3 Å². The van der Waals surface area contributed by atoms with E-state index in [1.54, 1.807) is 13.0 Å². The van der Waals surface area contributed by atoms with Gasteiger partial charge in [-0.15, -0.1) is 11.8 Å². The van der Waals surface area contributed by atoms with Crippen molar-refractivity contribution < 1.29 is 31.5 Å². The largest absolute Gasteiger partial charge is 0.417 e. The molecule has 208 valence electrons. The molecule has 1 amide bonds. The Kier molecular flexibility index (Phi) is 7.25. The summed E-state index contributed by atoms with van der Waals surface area (Å²) in [7, 11) is 0. The van der Waals surface area contributed by atoms with Crippen LogP contribution < -0.4 is 10.6 Å². The SMILES string of the molecule is C/C=C/C(=O)N1CCN(c2nc(=O)n3c4c(c(-c5ccc(F)cc5F)c(C(F)(F)F)cc24)SCC3)C/C1=C\C=O. The van der Waals surface area contributed by atoms with Crippen molar-refractivity contribution in [3.05, 3.63) is 75.9 Å². The van der Waals surface area contributed by atoms with E-state index in [1.807, 2.05) is 0 Å². The molecule has 3 heterocycles. The number of aldehydes is 1. The molecule has 7 nitrogen and oxygen atoms in total. The number of alkyl halides is 3. The Balaban J connectivity index is 1.77. The summed E-state index contributed by atoms with van der Waals surface area (Å²) in [6.07, 6.45) is -0.393. The Morgan fingerprint density at radius 3 is 2.58 bits per heavy atom. The number of aryl methyl sites for hydroxylation is 1. The number of amides is 1. The molecule has 0 radical (unpaired) electrons. The fourth-order valence-electron chi connectivity index (χ4n) is 5.01. The summed E-state index contributed by atoms with van der Waals surface area (Å²) in [5, 5.41) is 0.0130. The van der Waals surface area contributed by atoms with Gasteiger partial charge < -0.3 is 9.80 Å². The second kappa shape index (κ2) is 10.5. The first-order valence-electron chi connectivity index (χ1n) is 12.2. The number of aromatic nitrogens is 2. The van der Waals surface area contributed by atoms with Gasteiger partial charge in [-0.2, -0.15) is 18.2 Å². The number of halogens is 5. The van der Waals surface area contributed by atoms with Crippen molar-refractivity contribution in [2.24, 2.45) is 0 Å². The second-order valence-electron chi connectivity index (χ2n) is 9.07. The molecule has 2 aliphatic heterocycles. The normalized spacial score (nSPS) is 16.8.